The molecule has 2 aliphatic rings. The SMILES string of the molecule is C[C@H](CO)N1C[C@H](C)[C@@H](CN(C)CC2CC2)OCCCC[C@H](C)Oc2ccc(NC(=O)CCC(F)(F)F)cc2C1=O. The third-order valence-electron chi connectivity index (χ3n) is 7.73. The summed E-state index contributed by atoms with van der Waals surface area (Å²) in [5.74, 6) is -0.176. The summed E-state index contributed by atoms with van der Waals surface area (Å²) in [6, 6.07) is 4.02. The first kappa shape index (κ1) is 33.1. The molecule has 1 heterocycles. The number of rotatable bonds is 9. The van der Waals surface area contributed by atoms with E-state index in [1.165, 1.54) is 25.0 Å². The number of benzene rings is 1. The van der Waals surface area contributed by atoms with Crippen LogP contribution in [-0.2, 0) is 9.53 Å². The van der Waals surface area contributed by atoms with Gasteiger partial charge < -0.3 is 29.7 Å². The number of nitrogens with zero attached hydrogens (tertiary/aromatic N) is 2. The van der Waals surface area contributed by atoms with Gasteiger partial charge in [0.05, 0.1) is 36.8 Å². The monoisotopic (exact) mass is 585 g/mol. The number of carbonyl (C=O) groups excluding carboxylic acids is 2. The highest BCUT2D eigenvalue weighted by atomic mass is 19.4. The van der Waals surface area contributed by atoms with Gasteiger partial charge in [-0.2, -0.15) is 13.2 Å². The van der Waals surface area contributed by atoms with Crippen molar-refractivity contribution in [3.05, 3.63) is 23.8 Å². The van der Waals surface area contributed by atoms with Crippen molar-refractivity contribution in [3.63, 3.8) is 0 Å². The number of aliphatic hydroxyl groups excluding tert-OH is 1. The summed E-state index contributed by atoms with van der Waals surface area (Å²) in [5.41, 5.74) is 0.382. The summed E-state index contributed by atoms with van der Waals surface area (Å²) in [5, 5.41) is 12.5. The molecule has 11 heteroatoms. The zero-order chi connectivity index (χ0) is 30.2. The van der Waals surface area contributed by atoms with Crippen LogP contribution in [-0.4, -0.2) is 91.0 Å². The van der Waals surface area contributed by atoms with E-state index >= 15 is 0 Å². The number of likely N-dealkylation sites (N-methyl/N-ethyl adjacent to an activating group) is 1. The average molecular weight is 586 g/mol. The standard InChI is InChI=1S/C30H46F3N3O5/c1-20-16-36(21(2)19-37)29(39)25-15-24(34-28(38)12-13-30(31,32)33)10-11-26(25)41-22(3)7-5-6-14-40-27(20)18-35(4)17-23-8-9-23/h10-11,15,20-23,27,37H,5-9,12-14,16-19H2,1-4H3,(H,34,38)/t20-,21+,22-,27+/m0/s1. The molecule has 8 nitrogen and oxygen atoms in total. The van der Waals surface area contributed by atoms with Gasteiger partial charge in [0.2, 0.25) is 5.91 Å². The highest BCUT2D eigenvalue weighted by molar-refractivity contribution is 5.99. The summed E-state index contributed by atoms with van der Waals surface area (Å²) >= 11 is 0. The van der Waals surface area contributed by atoms with Gasteiger partial charge in [-0.05, 0) is 77.1 Å². The van der Waals surface area contributed by atoms with E-state index in [0.717, 1.165) is 38.3 Å². The molecule has 41 heavy (non-hydrogen) atoms. The third-order valence-corrected chi connectivity index (χ3v) is 7.73. The number of ether oxygens (including phenoxy) is 2. The number of carbonyl (C=O) groups is 2. The van der Waals surface area contributed by atoms with Crippen molar-refractivity contribution in [2.75, 3.05) is 45.2 Å². The number of alkyl halides is 3. The zero-order valence-electron chi connectivity index (χ0n) is 24.7. The maximum atomic E-state index is 14.1. The fourth-order valence-electron chi connectivity index (χ4n) is 5.06. The van der Waals surface area contributed by atoms with E-state index in [9.17, 15) is 27.9 Å². The first-order valence-corrected chi connectivity index (χ1v) is 14.8. The quantitative estimate of drug-likeness (QED) is 0.419. The fourth-order valence-corrected chi connectivity index (χ4v) is 5.06. The summed E-state index contributed by atoms with van der Waals surface area (Å²) in [7, 11) is 2.10. The Morgan fingerprint density at radius 1 is 1.20 bits per heavy atom. The average Bonchev–Trinajstić information content (AvgIpc) is 3.72. The van der Waals surface area contributed by atoms with Crippen LogP contribution in [0, 0.1) is 11.8 Å². The molecule has 1 fully saturated rings. The van der Waals surface area contributed by atoms with E-state index in [-0.39, 0.29) is 36.0 Å². The predicted molar refractivity (Wildman–Crippen MR) is 151 cm³/mol. The van der Waals surface area contributed by atoms with Crippen LogP contribution in [0.2, 0.25) is 0 Å². The molecule has 4 atom stereocenters. The van der Waals surface area contributed by atoms with E-state index in [0.29, 0.717) is 18.9 Å². The molecule has 0 radical (unpaired) electrons. The van der Waals surface area contributed by atoms with E-state index in [2.05, 4.69) is 17.3 Å². The van der Waals surface area contributed by atoms with Crippen LogP contribution >= 0.6 is 0 Å². The van der Waals surface area contributed by atoms with Crippen molar-refractivity contribution in [3.8, 4) is 5.75 Å². The molecule has 2 amide bonds. The van der Waals surface area contributed by atoms with E-state index in [1.807, 2.05) is 13.8 Å². The second-order valence-corrected chi connectivity index (χ2v) is 11.8. The largest absolute Gasteiger partial charge is 0.490 e. The van der Waals surface area contributed by atoms with Crippen LogP contribution in [0.4, 0.5) is 18.9 Å². The van der Waals surface area contributed by atoms with Crippen molar-refractivity contribution in [1.82, 2.24) is 9.80 Å². The molecule has 2 N–H and O–H groups in total. The van der Waals surface area contributed by atoms with Gasteiger partial charge in [-0.25, -0.2) is 0 Å². The van der Waals surface area contributed by atoms with E-state index in [4.69, 9.17) is 9.47 Å². The van der Waals surface area contributed by atoms with Gasteiger partial charge in [0.1, 0.15) is 5.75 Å². The number of hydrogen-bond acceptors (Lipinski definition) is 6. The minimum Gasteiger partial charge on any atom is -0.490 e. The maximum Gasteiger partial charge on any atom is 0.389 e. The number of fused-ring (bicyclic) bond motifs is 1. The van der Waals surface area contributed by atoms with Gasteiger partial charge in [0, 0.05) is 44.3 Å². The lowest BCUT2D eigenvalue weighted by Crippen LogP contribution is -2.47. The predicted octanol–water partition coefficient (Wildman–Crippen LogP) is 5.10. The van der Waals surface area contributed by atoms with Crippen molar-refractivity contribution >= 4 is 17.5 Å². The minimum absolute atomic E-state index is 0.0499. The van der Waals surface area contributed by atoms with E-state index in [1.54, 1.807) is 17.9 Å². The Hall–Kier alpha value is -2.37. The normalized spacial score (nSPS) is 23.9. The van der Waals surface area contributed by atoms with Crippen molar-refractivity contribution in [2.45, 2.75) is 90.1 Å². The molecule has 232 valence electrons. The Balaban J connectivity index is 1.88. The smallest absolute Gasteiger partial charge is 0.389 e. The lowest BCUT2D eigenvalue weighted by molar-refractivity contribution is -0.142. The topological polar surface area (TPSA) is 91.3 Å². The van der Waals surface area contributed by atoms with Gasteiger partial charge in [0.15, 0.2) is 0 Å². The molecule has 0 unspecified atom stereocenters. The highest BCUT2D eigenvalue weighted by Crippen LogP contribution is 2.31. The Bertz CT molecular complexity index is 1000. The zero-order valence-corrected chi connectivity index (χ0v) is 24.7. The van der Waals surface area contributed by atoms with Crippen LogP contribution in [0.1, 0.15) is 76.1 Å². The van der Waals surface area contributed by atoms with Gasteiger partial charge in [-0.3, -0.25) is 9.59 Å². The van der Waals surface area contributed by atoms with E-state index < -0.39 is 36.9 Å². The first-order chi connectivity index (χ1) is 19.4. The van der Waals surface area contributed by atoms with Crippen molar-refractivity contribution in [2.24, 2.45) is 11.8 Å². The van der Waals surface area contributed by atoms with Gasteiger partial charge in [-0.15, -0.1) is 0 Å². The summed E-state index contributed by atoms with van der Waals surface area (Å²) in [6.07, 6.45) is -1.72. The van der Waals surface area contributed by atoms with Crippen LogP contribution in [0.15, 0.2) is 18.2 Å². The Kier molecular flexibility index (Phi) is 12.3. The number of anilines is 1. The van der Waals surface area contributed by atoms with Crippen LogP contribution < -0.4 is 10.1 Å². The number of aliphatic hydroxyl groups is 1. The molecule has 1 aliphatic heterocycles. The van der Waals surface area contributed by atoms with Gasteiger partial charge >= 0.3 is 6.18 Å². The third kappa shape index (κ3) is 11.1. The van der Waals surface area contributed by atoms with Gasteiger partial charge in [0.25, 0.3) is 5.91 Å². The molecule has 3 rings (SSSR count). The lowest BCUT2D eigenvalue weighted by Gasteiger charge is -2.36. The molecule has 0 aromatic heterocycles. The maximum absolute atomic E-state index is 14.1. The van der Waals surface area contributed by atoms with Crippen molar-refractivity contribution < 1.29 is 37.3 Å². The highest BCUT2D eigenvalue weighted by Gasteiger charge is 2.32. The number of amides is 2. The van der Waals surface area contributed by atoms with Crippen molar-refractivity contribution in [1.29, 1.82) is 0 Å². The molecule has 0 saturated heterocycles. The Morgan fingerprint density at radius 2 is 1.93 bits per heavy atom. The lowest BCUT2D eigenvalue weighted by atomic mass is 10.0. The molecule has 1 aromatic rings. The summed E-state index contributed by atoms with van der Waals surface area (Å²) < 4.78 is 50.3. The molecule has 1 aliphatic carbocycles. The van der Waals surface area contributed by atoms with Crippen LogP contribution in [0.5, 0.6) is 5.75 Å². The Labute approximate surface area is 241 Å². The summed E-state index contributed by atoms with van der Waals surface area (Å²) in [6.45, 7) is 8.14. The summed E-state index contributed by atoms with van der Waals surface area (Å²) in [4.78, 5) is 30.2. The number of hydrogen-bond donors (Lipinski definition) is 2. The van der Waals surface area contributed by atoms with Crippen LogP contribution in [0.25, 0.3) is 0 Å². The number of halogens is 3. The minimum atomic E-state index is -4.44. The number of nitrogens with one attached hydrogen (secondary N) is 1. The molecular formula is C30H46F3N3O5. The second-order valence-electron chi connectivity index (χ2n) is 11.8. The molecule has 1 aromatic carbocycles. The molecular weight excluding hydrogens is 539 g/mol. The molecule has 1 saturated carbocycles. The first-order valence-electron chi connectivity index (χ1n) is 14.8. The Morgan fingerprint density at radius 3 is 2.59 bits per heavy atom. The molecule has 0 bridgehead atoms. The van der Waals surface area contributed by atoms with Gasteiger partial charge in [-0.1, -0.05) is 6.92 Å². The fraction of sp³-hybridized carbons (Fsp3) is 0.733. The molecule has 0 spiro atoms. The second kappa shape index (κ2) is 15.2. The van der Waals surface area contributed by atoms with Crippen LogP contribution in [0.3, 0.4) is 0 Å².